The summed E-state index contributed by atoms with van der Waals surface area (Å²) in [4.78, 5) is 23.2. The van der Waals surface area contributed by atoms with Gasteiger partial charge in [0, 0.05) is 0 Å². The van der Waals surface area contributed by atoms with Gasteiger partial charge >= 0.3 is 5.97 Å². The Morgan fingerprint density at radius 2 is 1.89 bits per heavy atom. The zero-order valence-electron chi connectivity index (χ0n) is 11.2. The fourth-order valence-corrected chi connectivity index (χ4v) is 1.68. The number of hydrogen-bond acceptors (Lipinski definition) is 3. The lowest BCUT2D eigenvalue weighted by Gasteiger charge is -2.21. The molecule has 3 atom stereocenters. The van der Waals surface area contributed by atoms with Crippen LogP contribution >= 0.6 is 0 Å². The predicted octanol–water partition coefficient (Wildman–Crippen LogP) is 1.30. The molecule has 4 N–H and O–H groups in total. The van der Waals surface area contributed by atoms with Gasteiger partial charge < -0.3 is 16.2 Å². The summed E-state index contributed by atoms with van der Waals surface area (Å²) in [7, 11) is 0. The van der Waals surface area contributed by atoms with Crippen LogP contribution in [0.3, 0.4) is 0 Å². The fraction of sp³-hybridized carbons (Fsp3) is 0.429. The van der Waals surface area contributed by atoms with Gasteiger partial charge in [0.2, 0.25) is 5.91 Å². The summed E-state index contributed by atoms with van der Waals surface area (Å²) in [5.74, 6) is -1.54. The van der Waals surface area contributed by atoms with Gasteiger partial charge in [-0.3, -0.25) is 4.79 Å². The molecular weight excluding hydrogens is 244 g/mol. The standard InChI is InChI=1S/C14H20N2O3/c1-3-9(2)11(15)13(17)16-12(14(18)19)10-7-5-4-6-8-10/h4-9,11-12H,3,15H2,1-2H3,(H,16,17)(H,18,19)/t9?,11-,12?/m0/s1. The number of carboxylic acids is 1. The minimum Gasteiger partial charge on any atom is -0.479 e. The third-order valence-corrected chi connectivity index (χ3v) is 3.23. The number of carbonyl (C=O) groups excluding carboxylic acids is 1. The number of nitrogens with two attached hydrogens (primary N) is 1. The molecule has 1 aromatic rings. The van der Waals surface area contributed by atoms with Crippen molar-refractivity contribution in [3.63, 3.8) is 0 Å². The molecule has 0 saturated heterocycles. The summed E-state index contributed by atoms with van der Waals surface area (Å²) >= 11 is 0. The highest BCUT2D eigenvalue weighted by Crippen LogP contribution is 2.14. The van der Waals surface area contributed by atoms with Crippen molar-refractivity contribution in [3.8, 4) is 0 Å². The van der Waals surface area contributed by atoms with Crippen molar-refractivity contribution in [1.82, 2.24) is 5.32 Å². The Morgan fingerprint density at radius 3 is 2.37 bits per heavy atom. The highest BCUT2D eigenvalue weighted by molar-refractivity contribution is 5.87. The van der Waals surface area contributed by atoms with Crippen LogP contribution in [0, 0.1) is 5.92 Å². The van der Waals surface area contributed by atoms with Gasteiger partial charge in [-0.1, -0.05) is 50.6 Å². The molecule has 0 bridgehead atoms. The summed E-state index contributed by atoms with van der Waals surface area (Å²) in [5, 5.41) is 11.7. The quantitative estimate of drug-likeness (QED) is 0.722. The first-order valence-electron chi connectivity index (χ1n) is 6.31. The summed E-state index contributed by atoms with van der Waals surface area (Å²) in [6, 6.07) is 6.80. The van der Waals surface area contributed by atoms with Gasteiger partial charge in [0.25, 0.3) is 0 Å². The minimum atomic E-state index is -1.10. The molecule has 1 aromatic carbocycles. The molecule has 0 aromatic heterocycles. The molecule has 5 nitrogen and oxygen atoms in total. The molecule has 2 unspecified atom stereocenters. The summed E-state index contributed by atoms with van der Waals surface area (Å²) in [5.41, 5.74) is 6.32. The number of carbonyl (C=O) groups is 2. The number of hydrogen-bond donors (Lipinski definition) is 3. The number of carboxylic acid groups (broad SMARTS) is 1. The molecule has 0 fully saturated rings. The molecule has 0 heterocycles. The molecular formula is C14H20N2O3. The van der Waals surface area contributed by atoms with E-state index in [2.05, 4.69) is 5.32 Å². The largest absolute Gasteiger partial charge is 0.479 e. The maximum Gasteiger partial charge on any atom is 0.330 e. The predicted molar refractivity (Wildman–Crippen MR) is 72.4 cm³/mol. The van der Waals surface area contributed by atoms with E-state index in [9.17, 15) is 14.7 Å². The van der Waals surface area contributed by atoms with Gasteiger partial charge in [-0.05, 0) is 11.5 Å². The molecule has 0 radical (unpaired) electrons. The first kappa shape index (κ1) is 15.2. The van der Waals surface area contributed by atoms with Crippen molar-refractivity contribution in [2.45, 2.75) is 32.4 Å². The van der Waals surface area contributed by atoms with E-state index >= 15 is 0 Å². The maximum atomic E-state index is 11.9. The fourth-order valence-electron chi connectivity index (χ4n) is 1.68. The number of benzene rings is 1. The molecule has 0 aliphatic heterocycles. The van der Waals surface area contributed by atoms with E-state index in [1.54, 1.807) is 30.3 Å². The molecule has 0 saturated carbocycles. The lowest BCUT2D eigenvalue weighted by molar-refractivity contribution is -0.142. The third-order valence-electron chi connectivity index (χ3n) is 3.23. The van der Waals surface area contributed by atoms with E-state index in [0.29, 0.717) is 5.56 Å². The van der Waals surface area contributed by atoms with Crippen LogP contribution in [0.15, 0.2) is 30.3 Å². The van der Waals surface area contributed by atoms with E-state index in [1.807, 2.05) is 13.8 Å². The van der Waals surface area contributed by atoms with Crippen LogP contribution in [0.5, 0.6) is 0 Å². The second-order valence-electron chi connectivity index (χ2n) is 4.60. The smallest absolute Gasteiger partial charge is 0.330 e. The lowest BCUT2D eigenvalue weighted by Crippen LogP contribution is -2.47. The second-order valence-corrected chi connectivity index (χ2v) is 4.60. The Hall–Kier alpha value is -1.88. The van der Waals surface area contributed by atoms with Crippen molar-refractivity contribution in [1.29, 1.82) is 0 Å². The zero-order valence-corrected chi connectivity index (χ0v) is 11.2. The van der Waals surface area contributed by atoms with Gasteiger partial charge in [-0.2, -0.15) is 0 Å². The van der Waals surface area contributed by atoms with Gasteiger partial charge in [0.1, 0.15) is 0 Å². The normalized spacial score (nSPS) is 15.3. The van der Waals surface area contributed by atoms with Crippen LogP contribution in [0.1, 0.15) is 31.9 Å². The molecule has 0 aliphatic carbocycles. The number of amides is 1. The van der Waals surface area contributed by atoms with Crippen molar-refractivity contribution >= 4 is 11.9 Å². The molecule has 1 amide bonds. The van der Waals surface area contributed by atoms with Gasteiger partial charge in [-0.25, -0.2) is 4.79 Å². The SMILES string of the molecule is CCC(C)[C@H](N)C(=O)NC(C(=O)O)c1ccccc1. The highest BCUT2D eigenvalue weighted by Gasteiger charge is 2.26. The second kappa shape index (κ2) is 6.89. The lowest BCUT2D eigenvalue weighted by atomic mass is 9.98. The van der Waals surface area contributed by atoms with E-state index in [-0.39, 0.29) is 5.92 Å². The van der Waals surface area contributed by atoms with E-state index in [4.69, 9.17) is 5.73 Å². The first-order chi connectivity index (χ1) is 8.97. The summed E-state index contributed by atoms with van der Waals surface area (Å²) in [6.07, 6.45) is 0.762. The van der Waals surface area contributed by atoms with Crippen LogP contribution in [-0.2, 0) is 9.59 Å². The molecule has 1 rings (SSSR count). The highest BCUT2D eigenvalue weighted by atomic mass is 16.4. The molecule has 104 valence electrons. The van der Waals surface area contributed by atoms with Crippen molar-refractivity contribution in [2.24, 2.45) is 11.7 Å². The number of nitrogens with one attached hydrogen (secondary N) is 1. The van der Waals surface area contributed by atoms with Crippen LogP contribution < -0.4 is 11.1 Å². The Bertz CT molecular complexity index is 434. The van der Waals surface area contributed by atoms with Crippen LogP contribution in [0.4, 0.5) is 0 Å². The first-order valence-corrected chi connectivity index (χ1v) is 6.31. The van der Waals surface area contributed by atoms with Gasteiger partial charge in [0.15, 0.2) is 6.04 Å². The van der Waals surface area contributed by atoms with Crippen molar-refractivity contribution < 1.29 is 14.7 Å². The summed E-state index contributed by atoms with van der Waals surface area (Å²) in [6.45, 7) is 3.80. The van der Waals surface area contributed by atoms with Crippen LogP contribution in [0.25, 0.3) is 0 Å². The van der Waals surface area contributed by atoms with Crippen molar-refractivity contribution in [2.75, 3.05) is 0 Å². The van der Waals surface area contributed by atoms with Crippen molar-refractivity contribution in [3.05, 3.63) is 35.9 Å². The molecule has 0 aliphatic rings. The molecule has 5 heteroatoms. The minimum absolute atomic E-state index is 0.00483. The number of aliphatic carboxylic acids is 1. The number of rotatable bonds is 6. The van der Waals surface area contributed by atoms with Crippen LogP contribution in [0.2, 0.25) is 0 Å². The van der Waals surface area contributed by atoms with Gasteiger partial charge in [-0.15, -0.1) is 0 Å². The Balaban J connectivity index is 2.81. The Labute approximate surface area is 112 Å². The molecule has 0 spiro atoms. The van der Waals surface area contributed by atoms with Crippen LogP contribution in [-0.4, -0.2) is 23.0 Å². The van der Waals surface area contributed by atoms with E-state index < -0.39 is 24.0 Å². The van der Waals surface area contributed by atoms with E-state index in [1.165, 1.54) is 0 Å². The third kappa shape index (κ3) is 4.06. The van der Waals surface area contributed by atoms with Gasteiger partial charge in [0.05, 0.1) is 6.04 Å². The van der Waals surface area contributed by atoms with E-state index in [0.717, 1.165) is 6.42 Å². The average Bonchev–Trinajstić information content (AvgIpc) is 2.43. The maximum absolute atomic E-state index is 11.9. The monoisotopic (exact) mass is 264 g/mol. The summed E-state index contributed by atoms with van der Waals surface area (Å²) < 4.78 is 0. The Morgan fingerprint density at radius 1 is 1.32 bits per heavy atom. The Kier molecular flexibility index (Phi) is 5.51. The topological polar surface area (TPSA) is 92.4 Å². The zero-order chi connectivity index (χ0) is 14.4. The average molecular weight is 264 g/mol. The molecule has 19 heavy (non-hydrogen) atoms.